The van der Waals surface area contributed by atoms with Gasteiger partial charge in [0, 0.05) is 11.1 Å². The number of amides is 2. The summed E-state index contributed by atoms with van der Waals surface area (Å²) in [4.78, 5) is 36.9. The summed E-state index contributed by atoms with van der Waals surface area (Å²) in [5.41, 5.74) is 5.11. The number of anilines is 1. The number of aryl methyl sites for hydroxylation is 1. The third-order valence-electron chi connectivity index (χ3n) is 5.10. The molecule has 0 radical (unpaired) electrons. The fourth-order valence-electron chi connectivity index (χ4n) is 3.68. The van der Waals surface area contributed by atoms with Gasteiger partial charge in [0.15, 0.2) is 0 Å². The normalized spacial score (nSPS) is 15.0. The molecule has 1 aromatic heterocycles. The molecule has 0 unspecified atom stereocenters. The smallest absolute Gasteiger partial charge is 0.266 e. The number of rotatable bonds is 2. The van der Waals surface area contributed by atoms with E-state index in [0.29, 0.717) is 28.1 Å². The van der Waals surface area contributed by atoms with Crippen LogP contribution in [-0.2, 0) is 4.79 Å². The second-order valence-corrected chi connectivity index (χ2v) is 7.17. The van der Waals surface area contributed by atoms with Gasteiger partial charge in [-0.25, -0.2) is 9.88 Å². The van der Waals surface area contributed by atoms with Gasteiger partial charge in [-0.15, -0.1) is 0 Å². The maximum absolute atomic E-state index is 13.5. The first-order valence-corrected chi connectivity index (χ1v) is 9.60. The molecule has 2 amide bonds. The van der Waals surface area contributed by atoms with Crippen LogP contribution in [0.25, 0.3) is 22.7 Å². The Kier molecular flexibility index (Phi) is 4.21. The Balaban J connectivity index is 1.69. The number of carbonyl (C=O) groups excluding carboxylic acids is 2. The van der Waals surface area contributed by atoms with E-state index in [-0.39, 0.29) is 11.8 Å². The number of benzene rings is 3. The van der Waals surface area contributed by atoms with E-state index in [1.165, 1.54) is 4.90 Å². The molecule has 144 valence electrons. The van der Waals surface area contributed by atoms with Crippen LogP contribution in [0.1, 0.15) is 27.2 Å². The van der Waals surface area contributed by atoms with Gasteiger partial charge in [-0.2, -0.15) is 0 Å². The van der Waals surface area contributed by atoms with E-state index >= 15 is 0 Å². The highest BCUT2D eigenvalue weighted by molar-refractivity contribution is 6.43. The van der Waals surface area contributed by atoms with E-state index in [4.69, 9.17) is 0 Å². The lowest BCUT2D eigenvalue weighted by molar-refractivity contribution is -0.112. The Bertz CT molecular complexity index is 1360. The Hall–Kier alpha value is -4.12. The first kappa shape index (κ1) is 17.9. The Morgan fingerprint density at radius 1 is 0.800 bits per heavy atom. The van der Waals surface area contributed by atoms with Gasteiger partial charge >= 0.3 is 0 Å². The molecule has 3 aromatic carbocycles. The largest absolute Gasteiger partial charge is 0.268 e. The minimum atomic E-state index is -0.376. The first-order chi connectivity index (χ1) is 14.6. The lowest BCUT2D eigenvalue weighted by Crippen LogP contribution is -2.41. The van der Waals surface area contributed by atoms with Crippen LogP contribution in [-0.4, -0.2) is 21.8 Å². The summed E-state index contributed by atoms with van der Waals surface area (Å²) >= 11 is 0. The van der Waals surface area contributed by atoms with Gasteiger partial charge in [0.05, 0.1) is 34.2 Å². The van der Waals surface area contributed by atoms with E-state index in [1.54, 1.807) is 36.5 Å². The van der Waals surface area contributed by atoms with Crippen molar-refractivity contribution in [1.82, 2.24) is 9.97 Å². The SMILES string of the molecule is Cc1cccc(N2C(=O)/C(=C\c3cnc4ccccc4n3)c3ccccc3C2=O)c1. The Morgan fingerprint density at radius 2 is 1.53 bits per heavy atom. The summed E-state index contributed by atoms with van der Waals surface area (Å²) in [6, 6.07) is 22.1. The number of fused-ring (bicyclic) bond motifs is 2. The van der Waals surface area contributed by atoms with Crippen LogP contribution in [0, 0.1) is 6.92 Å². The van der Waals surface area contributed by atoms with E-state index in [2.05, 4.69) is 9.97 Å². The van der Waals surface area contributed by atoms with Gasteiger partial charge in [0.1, 0.15) is 0 Å². The third-order valence-corrected chi connectivity index (χ3v) is 5.10. The number of nitrogens with zero attached hydrogens (tertiary/aromatic N) is 3. The van der Waals surface area contributed by atoms with Crippen LogP contribution in [0.4, 0.5) is 5.69 Å². The molecule has 1 aliphatic rings. The predicted octanol–water partition coefficient (Wildman–Crippen LogP) is 4.67. The minimum Gasteiger partial charge on any atom is -0.268 e. The summed E-state index contributed by atoms with van der Waals surface area (Å²) in [5.74, 6) is -0.706. The molecule has 0 bridgehead atoms. The molecule has 4 aromatic rings. The van der Waals surface area contributed by atoms with E-state index in [1.807, 2.05) is 55.5 Å². The quantitative estimate of drug-likeness (QED) is 0.368. The van der Waals surface area contributed by atoms with Crippen molar-refractivity contribution in [3.8, 4) is 0 Å². The van der Waals surface area contributed by atoms with Gasteiger partial charge < -0.3 is 0 Å². The van der Waals surface area contributed by atoms with Gasteiger partial charge in [0.2, 0.25) is 0 Å². The molecule has 0 atom stereocenters. The van der Waals surface area contributed by atoms with Crippen molar-refractivity contribution in [3.63, 3.8) is 0 Å². The average Bonchev–Trinajstić information content (AvgIpc) is 2.77. The van der Waals surface area contributed by atoms with Crippen molar-refractivity contribution >= 4 is 40.2 Å². The van der Waals surface area contributed by atoms with Crippen LogP contribution in [0.3, 0.4) is 0 Å². The second kappa shape index (κ2) is 7.04. The maximum atomic E-state index is 13.5. The van der Waals surface area contributed by atoms with Gasteiger partial charge in [-0.1, -0.05) is 42.5 Å². The van der Waals surface area contributed by atoms with Gasteiger partial charge in [-0.05, 0) is 48.9 Å². The second-order valence-electron chi connectivity index (χ2n) is 7.17. The Labute approximate surface area is 173 Å². The molecular formula is C25H17N3O2. The van der Waals surface area contributed by atoms with Crippen molar-refractivity contribution in [3.05, 3.63) is 101 Å². The molecule has 30 heavy (non-hydrogen) atoms. The average molecular weight is 391 g/mol. The monoisotopic (exact) mass is 391 g/mol. The lowest BCUT2D eigenvalue weighted by atomic mass is 9.92. The topological polar surface area (TPSA) is 63.2 Å². The highest BCUT2D eigenvalue weighted by Gasteiger charge is 2.35. The first-order valence-electron chi connectivity index (χ1n) is 9.60. The van der Waals surface area contributed by atoms with Crippen molar-refractivity contribution in [2.45, 2.75) is 6.92 Å². The predicted molar refractivity (Wildman–Crippen MR) is 117 cm³/mol. The van der Waals surface area contributed by atoms with Crippen molar-refractivity contribution < 1.29 is 9.59 Å². The fourth-order valence-corrected chi connectivity index (χ4v) is 3.68. The van der Waals surface area contributed by atoms with Crippen LogP contribution >= 0.6 is 0 Å². The van der Waals surface area contributed by atoms with Gasteiger partial charge in [0.25, 0.3) is 11.8 Å². The summed E-state index contributed by atoms with van der Waals surface area (Å²) in [5, 5.41) is 0. The number of imide groups is 1. The fraction of sp³-hybridized carbons (Fsp3) is 0.0400. The van der Waals surface area contributed by atoms with Crippen LogP contribution in [0.15, 0.2) is 79.0 Å². The summed E-state index contributed by atoms with van der Waals surface area (Å²) in [7, 11) is 0. The maximum Gasteiger partial charge on any atom is 0.266 e. The zero-order valence-corrected chi connectivity index (χ0v) is 16.2. The van der Waals surface area contributed by atoms with E-state index in [0.717, 1.165) is 16.6 Å². The van der Waals surface area contributed by atoms with Gasteiger partial charge in [-0.3, -0.25) is 14.6 Å². The third kappa shape index (κ3) is 2.97. The molecule has 5 heteroatoms. The van der Waals surface area contributed by atoms with Crippen molar-refractivity contribution in [1.29, 1.82) is 0 Å². The number of para-hydroxylation sites is 2. The van der Waals surface area contributed by atoms with Crippen LogP contribution in [0.2, 0.25) is 0 Å². The molecule has 0 saturated carbocycles. The highest BCUT2D eigenvalue weighted by atomic mass is 16.2. The molecule has 0 spiro atoms. The standard InChI is InChI=1S/C25H17N3O2/c1-16-7-6-8-18(13-16)28-24(29)20-10-3-2-9-19(20)21(25(28)30)14-17-15-26-22-11-4-5-12-23(22)27-17/h2-15H,1H3/b21-14-. The van der Waals surface area contributed by atoms with Crippen LogP contribution in [0.5, 0.6) is 0 Å². The minimum absolute atomic E-state index is 0.331. The number of aromatic nitrogens is 2. The summed E-state index contributed by atoms with van der Waals surface area (Å²) < 4.78 is 0. The molecule has 2 heterocycles. The number of hydrogen-bond donors (Lipinski definition) is 0. The molecule has 0 aliphatic carbocycles. The summed E-state index contributed by atoms with van der Waals surface area (Å²) in [6.07, 6.45) is 3.34. The molecule has 0 N–H and O–H groups in total. The zero-order chi connectivity index (χ0) is 20.7. The highest BCUT2D eigenvalue weighted by Crippen LogP contribution is 2.33. The number of carbonyl (C=O) groups is 2. The molecular weight excluding hydrogens is 374 g/mol. The van der Waals surface area contributed by atoms with Crippen molar-refractivity contribution in [2.24, 2.45) is 0 Å². The molecule has 5 nitrogen and oxygen atoms in total. The van der Waals surface area contributed by atoms with E-state index in [9.17, 15) is 9.59 Å². The Morgan fingerprint density at radius 3 is 2.33 bits per heavy atom. The molecule has 0 fully saturated rings. The van der Waals surface area contributed by atoms with E-state index < -0.39 is 0 Å². The van der Waals surface area contributed by atoms with Crippen molar-refractivity contribution in [2.75, 3.05) is 4.90 Å². The lowest BCUT2D eigenvalue weighted by Gasteiger charge is -2.28. The molecule has 1 aliphatic heterocycles. The number of hydrogen-bond acceptors (Lipinski definition) is 4. The summed E-state index contributed by atoms with van der Waals surface area (Å²) in [6.45, 7) is 1.93. The molecule has 5 rings (SSSR count). The van der Waals surface area contributed by atoms with Crippen LogP contribution < -0.4 is 4.90 Å². The zero-order valence-electron chi connectivity index (χ0n) is 16.2. The molecule has 0 saturated heterocycles.